The molecule has 0 amide bonds. The third-order valence-corrected chi connectivity index (χ3v) is 6.05. The first-order chi connectivity index (χ1) is 13.3. The fraction of sp³-hybridized carbons (Fsp3) is 0.650. The Morgan fingerprint density at radius 3 is 2.52 bits per heavy atom. The summed E-state index contributed by atoms with van der Waals surface area (Å²) in [6, 6.07) is 4.86. The molecule has 0 aromatic heterocycles. The molecule has 0 spiro atoms. The van der Waals surface area contributed by atoms with Gasteiger partial charge in [-0.3, -0.25) is 4.99 Å². The first-order valence-corrected chi connectivity index (χ1v) is 11.9. The molecule has 1 saturated carbocycles. The minimum Gasteiger partial charge on any atom is -0.355 e. The molecular formula is C20H34FIN4O2S. The third kappa shape index (κ3) is 9.61. The van der Waals surface area contributed by atoms with Crippen molar-refractivity contribution in [1.29, 1.82) is 0 Å². The lowest BCUT2D eigenvalue weighted by molar-refractivity contribution is 0.194. The van der Waals surface area contributed by atoms with E-state index in [4.69, 9.17) is 0 Å². The van der Waals surface area contributed by atoms with Crippen molar-refractivity contribution in [3.05, 3.63) is 35.1 Å². The highest BCUT2D eigenvalue weighted by atomic mass is 127. The van der Waals surface area contributed by atoms with Crippen LogP contribution in [0.15, 0.2) is 23.2 Å². The van der Waals surface area contributed by atoms with Gasteiger partial charge in [0.15, 0.2) is 15.8 Å². The monoisotopic (exact) mass is 540 g/mol. The summed E-state index contributed by atoms with van der Waals surface area (Å²) >= 11 is 0. The first-order valence-electron chi connectivity index (χ1n) is 9.88. The number of guanidine groups is 1. The van der Waals surface area contributed by atoms with E-state index in [1.54, 1.807) is 7.05 Å². The van der Waals surface area contributed by atoms with Crippen molar-refractivity contribution in [2.45, 2.75) is 50.4 Å². The van der Waals surface area contributed by atoms with Crippen molar-refractivity contribution in [2.75, 3.05) is 33.4 Å². The number of nitrogens with one attached hydrogen (secondary N) is 2. The molecule has 29 heavy (non-hydrogen) atoms. The summed E-state index contributed by atoms with van der Waals surface area (Å²) < 4.78 is 36.9. The van der Waals surface area contributed by atoms with Gasteiger partial charge in [0, 0.05) is 39.0 Å². The van der Waals surface area contributed by atoms with Crippen LogP contribution in [0.3, 0.4) is 0 Å². The van der Waals surface area contributed by atoms with Crippen LogP contribution in [0.4, 0.5) is 4.39 Å². The highest BCUT2D eigenvalue weighted by molar-refractivity contribution is 14.0. The van der Waals surface area contributed by atoms with Gasteiger partial charge in [0.05, 0.1) is 5.75 Å². The van der Waals surface area contributed by atoms with Crippen LogP contribution in [-0.4, -0.2) is 58.8 Å². The first kappa shape index (κ1) is 26.1. The Bertz CT molecular complexity index is 768. The minimum atomic E-state index is -3.19. The molecule has 1 aliphatic rings. The summed E-state index contributed by atoms with van der Waals surface area (Å²) in [6.45, 7) is 1.98. The lowest BCUT2D eigenvalue weighted by atomic mass is 9.94. The van der Waals surface area contributed by atoms with Crippen LogP contribution in [0.1, 0.15) is 43.2 Å². The molecule has 2 N–H and O–H groups in total. The van der Waals surface area contributed by atoms with E-state index in [1.807, 2.05) is 0 Å². The predicted molar refractivity (Wildman–Crippen MR) is 128 cm³/mol. The van der Waals surface area contributed by atoms with Gasteiger partial charge >= 0.3 is 0 Å². The van der Waals surface area contributed by atoms with Crippen molar-refractivity contribution in [3.63, 3.8) is 0 Å². The SMILES string of the molecule is CN=C(NCCN(C)C1CCCCC1)NCc1cc(F)ccc1CS(C)(=O)=O.I. The van der Waals surface area contributed by atoms with Crippen LogP contribution in [0, 0.1) is 5.82 Å². The molecule has 2 rings (SSSR count). The fourth-order valence-corrected chi connectivity index (χ4v) is 4.48. The molecule has 1 aromatic rings. The van der Waals surface area contributed by atoms with E-state index in [9.17, 15) is 12.8 Å². The molecule has 0 aliphatic heterocycles. The van der Waals surface area contributed by atoms with Crippen LogP contribution in [0.5, 0.6) is 0 Å². The molecule has 1 fully saturated rings. The predicted octanol–water partition coefficient (Wildman–Crippen LogP) is 2.92. The molecule has 0 atom stereocenters. The van der Waals surface area contributed by atoms with E-state index in [-0.39, 0.29) is 35.5 Å². The quantitative estimate of drug-likeness (QED) is 0.302. The van der Waals surface area contributed by atoms with Crippen LogP contribution in [0.25, 0.3) is 0 Å². The van der Waals surface area contributed by atoms with Gasteiger partial charge in [0.1, 0.15) is 5.82 Å². The maximum Gasteiger partial charge on any atom is 0.191 e. The Morgan fingerprint density at radius 2 is 1.90 bits per heavy atom. The van der Waals surface area contributed by atoms with Gasteiger partial charge in [-0.2, -0.15) is 0 Å². The summed E-state index contributed by atoms with van der Waals surface area (Å²) in [5.41, 5.74) is 1.22. The van der Waals surface area contributed by atoms with Crippen molar-refractivity contribution in [1.82, 2.24) is 15.5 Å². The zero-order valence-corrected chi connectivity index (χ0v) is 20.7. The second-order valence-corrected chi connectivity index (χ2v) is 9.75. The van der Waals surface area contributed by atoms with E-state index < -0.39 is 9.84 Å². The number of rotatable bonds is 8. The topological polar surface area (TPSA) is 73.8 Å². The normalized spacial score (nSPS) is 15.8. The average Bonchev–Trinajstić information content (AvgIpc) is 2.66. The van der Waals surface area contributed by atoms with Gasteiger partial charge in [-0.05, 0) is 43.1 Å². The smallest absolute Gasteiger partial charge is 0.191 e. The van der Waals surface area contributed by atoms with Crippen molar-refractivity contribution in [3.8, 4) is 0 Å². The number of likely N-dealkylation sites (N-methyl/N-ethyl adjacent to an activating group) is 1. The second-order valence-electron chi connectivity index (χ2n) is 7.61. The Labute approximate surface area is 191 Å². The molecule has 1 aliphatic carbocycles. The molecule has 0 unspecified atom stereocenters. The van der Waals surface area contributed by atoms with Crippen LogP contribution >= 0.6 is 24.0 Å². The van der Waals surface area contributed by atoms with Crippen molar-refractivity contribution >= 4 is 39.8 Å². The molecule has 0 bridgehead atoms. The number of nitrogens with zero attached hydrogens (tertiary/aromatic N) is 2. The summed E-state index contributed by atoms with van der Waals surface area (Å²) in [5, 5.41) is 6.43. The lowest BCUT2D eigenvalue weighted by Crippen LogP contribution is -2.43. The minimum absolute atomic E-state index is 0. The van der Waals surface area contributed by atoms with E-state index >= 15 is 0 Å². The highest BCUT2D eigenvalue weighted by Crippen LogP contribution is 2.21. The summed E-state index contributed by atoms with van der Waals surface area (Å²) in [5.74, 6) is 0.125. The molecule has 0 saturated heterocycles. The molecule has 166 valence electrons. The zero-order valence-electron chi connectivity index (χ0n) is 17.6. The van der Waals surface area contributed by atoms with Crippen molar-refractivity contribution < 1.29 is 12.8 Å². The third-order valence-electron chi connectivity index (χ3n) is 5.21. The van der Waals surface area contributed by atoms with E-state index in [1.165, 1.54) is 56.6 Å². The van der Waals surface area contributed by atoms with Crippen LogP contribution < -0.4 is 10.6 Å². The molecule has 0 radical (unpaired) electrons. The Hall–Kier alpha value is -0.940. The van der Waals surface area contributed by atoms with E-state index in [2.05, 4.69) is 27.6 Å². The van der Waals surface area contributed by atoms with Gasteiger partial charge in [0.2, 0.25) is 0 Å². The lowest BCUT2D eigenvalue weighted by Gasteiger charge is -2.31. The summed E-state index contributed by atoms with van der Waals surface area (Å²) in [6.07, 6.45) is 7.69. The number of aliphatic imine (C=N–C) groups is 1. The zero-order chi connectivity index (χ0) is 20.6. The van der Waals surface area contributed by atoms with E-state index in [0.717, 1.165) is 13.1 Å². The van der Waals surface area contributed by atoms with Gasteiger partial charge in [-0.15, -0.1) is 24.0 Å². The van der Waals surface area contributed by atoms with Gasteiger partial charge < -0.3 is 15.5 Å². The second kappa shape index (κ2) is 12.7. The average molecular weight is 540 g/mol. The Balaban J connectivity index is 0.00000420. The number of sulfone groups is 1. The Morgan fingerprint density at radius 1 is 1.21 bits per heavy atom. The van der Waals surface area contributed by atoms with Crippen LogP contribution in [-0.2, 0) is 22.1 Å². The highest BCUT2D eigenvalue weighted by Gasteiger charge is 2.17. The van der Waals surface area contributed by atoms with Crippen LogP contribution in [0.2, 0.25) is 0 Å². The standard InChI is InChI=1S/C20H33FN4O2S.HI/c1-22-20(23-11-12-25(2)19-7-5-4-6-8-19)24-14-17-13-18(21)10-9-16(17)15-28(3,26)27;/h9-10,13,19H,4-8,11-12,14-15H2,1-3H3,(H2,22,23,24);1H. The maximum atomic E-state index is 13.6. The summed E-state index contributed by atoms with van der Waals surface area (Å²) in [4.78, 5) is 6.60. The van der Waals surface area contributed by atoms with Crippen molar-refractivity contribution in [2.24, 2.45) is 4.99 Å². The number of hydrogen-bond donors (Lipinski definition) is 2. The summed E-state index contributed by atoms with van der Waals surface area (Å²) in [7, 11) is 0.656. The molecule has 0 heterocycles. The molecule has 9 heteroatoms. The van der Waals surface area contributed by atoms with Gasteiger partial charge in [-0.25, -0.2) is 12.8 Å². The van der Waals surface area contributed by atoms with Gasteiger partial charge in [-0.1, -0.05) is 25.3 Å². The Kier molecular flexibility index (Phi) is 11.4. The van der Waals surface area contributed by atoms with E-state index in [0.29, 0.717) is 29.7 Å². The largest absolute Gasteiger partial charge is 0.355 e. The number of benzene rings is 1. The molecular weight excluding hydrogens is 506 g/mol. The molecule has 6 nitrogen and oxygen atoms in total. The van der Waals surface area contributed by atoms with Gasteiger partial charge in [0.25, 0.3) is 0 Å². The maximum absolute atomic E-state index is 13.6. The fourth-order valence-electron chi connectivity index (χ4n) is 3.64. The number of halogens is 2. The number of hydrogen-bond acceptors (Lipinski definition) is 4. The molecule has 1 aromatic carbocycles.